The van der Waals surface area contributed by atoms with Crippen LogP contribution in [0.5, 0.6) is 0 Å². The zero-order valence-electron chi connectivity index (χ0n) is 11.8. The maximum atomic E-state index is 11.0. The van der Waals surface area contributed by atoms with E-state index in [1.807, 2.05) is 0 Å². The van der Waals surface area contributed by atoms with E-state index in [-0.39, 0.29) is 5.92 Å². The highest BCUT2D eigenvalue weighted by molar-refractivity contribution is 5.70. The molecule has 0 heterocycles. The fraction of sp³-hybridized carbons (Fsp3) is 0.588. The van der Waals surface area contributed by atoms with E-state index < -0.39 is 5.97 Å². The summed E-state index contributed by atoms with van der Waals surface area (Å²) in [4.78, 5) is 11.0. The van der Waals surface area contributed by atoms with Gasteiger partial charge < -0.3 is 10.4 Å². The lowest BCUT2D eigenvalue weighted by Gasteiger charge is -2.33. The van der Waals surface area contributed by atoms with Crippen molar-refractivity contribution in [2.75, 3.05) is 0 Å². The number of hydrogen-bond donors (Lipinski definition) is 2. The van der Waals surface area contributed by atoms with Crippen molar-refractivity contribution in [3.8, 4) is 0 Å². The molecule has 0 radical (unpaired) electrons. The first-order chi connectivity index (χ1) is 9.74. The fourth-order valence-electron chi connectivity index (χ4n) is 3.72. The molecule has 0 amide bonds. The molecule has 3 rings (SSSR count). The van der Waals surface area contributed by atoms with Gasteiger partial charge in [-0.3, -0.25) is 4.79 Å². The van der Waals surface area contributed by atoms with Gasteiger partial charge >= 0.3 is 5.97 Å². The van der Waals surface area contributed by atoms with Gasteiger partial charge in [-0.05, 0) is 56.1 Å². The lowest BCUT2D eigenvalue weighted by atomic mass is 9.83. The van der Waals surface area contributed by atoms with Crippen molar-refractivity contribution in [1.82, 2.24) is 5.32 Å². The van der Waals surface area contributed by atoms with E-state index in [4.69, 9.17) is 5.11 Å². The Bertz CT molecular complexity index is 478. The average Bonchev–Trinajstić information content (AvgIpc) is 2.48. The van der Waals surface area contributed by atoms with Crippen LogP contribution in [0.2, 0.25) is 0 Å². The van der Waals surface area contributed by atoms with Crippen LogP contribution in [0.1, 0.15) is 55.7 Å². The lowest BCUT2D eigenvalue weighted by molar-refractivity contribution is -0.142. The molecule has 108 valence electrons. The number of carboxylic acid groups (broad SMARTS) is 1. The molecule has 3 nitrogen and oxygen atoms in total. The quantitative estimate of drug-likeness (QED) is 0.888. The smallest absolute Gasteiger partial charge is 0.306 e. The predicted octanol–water partition coefficient (Wildman–Crippen LogP) is 3.30. The molecule has 3 heteroatoms. The molecule has 0 aliphatic heterocycles. The van der Waals surface area contributed by atoms with E-state index in [1.165, 1.54) is 30.4 Å². The van der Waals surface area contributed by atoms with Crippen molar-refractivity contribution in [3.63, 3.8) is 0 Å². The van der Waals surface area contributed by atoms with Gasteiger partial charge in [0.1, 0.15) is 0 Å². The third-order valence-corrected chi connectivity index (χ3v) is 4.88. The number of hydrogen-bond acceptors (Lipinski definition) is 2. The molecule has 20 heavy (non-hydrogen) atoms. The number of carboxylic acids is 1. The van der Waals surface area contributed by atoms with Gasteiger partial charge in [0.15, 0.2) is 0 Å². The van der Waals surface area contributed by atoms with Crippen LogP contribution >= 0.6 is 0 Å². The Labute approximate surface area is 120 Å². The molecular weight excluding hydrogens is 250 g/mol. The van der Waals surface area contributed by atoms with E-state index in [2.05, 4.69) is 29.6 Å². The summed E-state index contributed by atoms with van der Waals surface area (Å²) in [6.45, 7) is 0. The monoisotopic (exact) mass is 273 g/mol. The van der Waals surface area contributed by atoms with Crippen LogP contribution in [0.3, 0.4) is 0 Å². The largest absolute Gasteiger partial charge is 0.481 e. The molecule has 0 aromatic heterocycles. The van der Waals surface area contributed by atoms with Crippen LogP contribution in [-0.2, 0) is 11.2 Å². The van der Waals surface area contributed by atoms with Crippen LogP contribution in [0.4, 0.5) is 0 Å². The second-order valence-electron chi connectivity index (χ2n) is 6.20. The topological polar surface area (TPSA) is 49.3 Å². The molecule has 2 N–H and O–H groups in total. The second-order valence-corrected chi connectivity index (χ2v) is 6.20. The number of nitrogens with one attached hydrogen (secondary N) is 1. The zero-order valence-corrected chi connectivity index (χ0v) is 11.8. The Hall–Kier alpha value is -1.35. The SMILES string of the molecule is O=C(O)C1CCC(NC2CCCc3ccccc32)CC1. The highest BCUT2D eigenvalue weighted by Crippen LogP contribution is 2.32. The summed E-state index contributed by atoms with van der Waals surface area (Å²) in [5.74, 6) is -0.738. The standard InChI is InChI=1S/C17H23NO2/c19-17(20)13-8-10-14(11-9-13)18-16-7-3-5-12-4-1-2-6-15(12)16/h1-2,4,6,13-14,16,18H,3,5,7-11H2,(H,19,20). The summed E-state index contributed by atoms with van der Waals surface area (Å²) in [6.07, 6.45) is 7.28. The van der Waals surface area contributed by atoms with Gasteiger partial charge in [-0.25, -0.2) is 0 Å². The van der Waals surface area contributed by atoms with E-state index in [1.54, 1.807) is 0 Å². The van der Waals surface area contributed by atoms with Crippen molar-refractivity contribution in [2.45, 2.75) is 57.0 Å². The zero-order chi connectivity index (χ0) is 13.9. The summed E-state index contributed by atoms with van der Waals surface area (Å²) >= 11 is 0. The average molecular weight is 273 g/mol. The first-order valence-corrected chi connectivity index (χ1v) is 7.80. The molecule has 1 saturated carbocycles. The molecule has 1 unspecified atom stereocenters. The fourth-order valence-corrected chi connectivity index (χ4v) is 3.72. The predicted molar refractivity (Wildman–Crippen MR) is 78.6 cm³/mol. The number of rotatable bonds is 3. The third-order valence-electron chi connectivity index (χ3n) is 4.88. The molecule has 1 aromatic carbocycles. The Kier molecular flexibility index (Phi) is 4.06. The molecule has 0 spiro atoms. The number of aryl methyl sites for hydroxylation is 1. The van der Waals surface area contributed by atoms with Gasteiger partial charge in [-0.1, -0.05) is 24.3 Å². The van der Waals surface area contributed by atoms with Crippen LogP contribution in [-0.4, -0.2) is 17.1 Å². The summed E-state index contributed by atoms with van der Waals surface area (Å²) in [6, 6.07) is 9.69. The van der Waals surface area contributed by atoms with E-state index >= 15 is 0 Å². The van der Waals surface area contributed by atoms with Crippen molar-refractivity contribution in [2.24, 2.45) is 5.92 Å². The van der Waals surface area contributed by atoms with Gasteiger partial charge in [-0.2, -0.15) is 0 Å². The van der Waals surface area contributed by atoms with E-state index in [0.717, 1.165) is 25.7 Å². The molecule has 0 saturated heterocycles. The molecule has 1 aromatic rings. The molecule has 0 bridgehead atoms. The summed E-state index contributed by atoms with van der Waals surface area (Å²) in [5.41, 5.74) is 2.94. The van der Waals surface area contributed by atoms with E-state index in [0.29, 0.717) is 12.1 Å². The second kappa shape index (κ2) is 5.96. The molecule has 1 fully saturated rings. The van der Waals surface area contributed by atoms with Crippen LogP contribution < -0.4 is 5.32 Å². The minimum atomic E-state index is -0.619. The first-order valence-electron chi connectivity index (χ1n) is 7.80. The number of aliphatic carboxylic acids is 1. The van der Waals surface area contributed by atoms with Gasteiger partial charge in [0.05, 0.1) is 5.92 Å². The summed E-state index contributed by atoms with van der Waals surface area (Å²) in [5, 5.41) is 12.8. The van der Waals surface area contributed by atoms with Crippen LogP contribution in [0.15, 0.2) is 24.3 Å². The Morgan fingerprint density at radius 2 is 1.85 bits per heavy atom. The maximum Gasteiger partial charge on any atom is 0.306 e. The number of fused-ring (bicyclic) bond motifs is 1. The molecule has 2 aliphatic carbocycles. The van der Waals surface area contributed by atoms with Gasteiger partial charge in [-0.15, -0.1) is 0 Å². The Balaban J connectivity index is 1.61. The highest BCUT2D eigenvalue weighted by atomic mass is 16.4. The number of benzene rings is 1. The highest BCUT2D eigenvalue weighted by Gasteiger charge is 2.28. The van der Waals surface area contributed by atoms with E-state index in [9.17, 15) is 4.79 Å². The van der Waals surface area contributed by atoms with Gasteiger partial charge in [0, 0.05) is 12.1 Å². The van der Waals surface area contributed by atoms with Crippen molar-refractivity contribution in [3.05, 3.63) is 35.4 Å². The van der Waals surface area contributed by atoms with Crippen LogP contribution in [0, 0.1) is 5.92 Å². The minimum absolute atomic E-state index is 0.119. The van der Waals surface area contributed by atoms with Crippen molar-refractivity contribution in [1.29, 1.82) is 0 Å². The first kappa shape index (κ1) is 13.6. The Morgan fingerprint density at radius 1 is 1.10 bits per heavy atom. The van der Waals surface area contributed by atoms with Gasteiger partial charge in [0.25, 0.3) is 0 Å². The van der Waals surface area contributed by atoms with Gasteiger partial charge in [0.2, 0.25) is 0 Å². The summed E-state index contributed by atoms with van der Waals surface area (Å²) < 4.78 is 0. The minimum Gasteiger partial charge on any atom is -0.481 e. The number of carbonyl (C=O) groups is 1. The van der Waals surface area contributed by atoms with Crippen LogP contribution in [0.25, 0.3) is 0 Å². The summed E-state index contributed by atoms with van der Waals surface area (Å²) in [7, 11) is 0. The Morgan fingerprint density at radius 3 is 2.60 bits per heavy atom. The molecule has 2 aliphatic rings. The van der Waals surface area contributed by atoms with Crippen molar-refractivity contribution < 1.29 is 9.90 Å². The molecule has 1 atom stereocenters. The lowest BCUT2D eigenvalue weighted by Crippen LogP contribution is -2.38. The maximum absolute atomic E-state index is 11.0. The molecular formula is C17H23NO2. The normalized spacial score (nSPS) is 29.7. The van der Waals surface area contributed by atoms with Crippen molar-refractivity contribution >= 4 is 5.97 Å². The third kappa shape index (κ3) is 2.88.